The quantitative estimate of drug-likeness (QED) is 0.434. The first-order valence-corrected chi connectivity index (χ1v) is 11.8. The van der Waals surface area contributed by atoms with Crippen molar-refractivity contribution in [1.29, 1.82) is 0 Å². The van der Waals surface area contributed by atoms with Gasteiger partial charge in [0.05, 0.1) is 35.7 Å². The maximum atomic E-state index is 13.7. The van der Waals surface area contributed by atoms with E-state index in [-0.39, 0.29) is 36.8 Å². The molecule has 0 saturated heterocycles. The molecule has 0 bridgehead atoms. The number of hydrogen-bond acceptors (Lipinski definition) is 5. The van der Waals surface area contributed by atoms with Gasteiger partial charge in [0.25, 0.3) is 5.56 Å². The number of ether oxygens (including phenoxy) is 1. The van der Waals surface area contributed by atoms with E-state index in [0.717, 1.165) is 11.3 Å². The predicted molar refractivity (Wildman–Crippen MR) is 133 cm³/mol. The van der Waals surface area contributed by atoms with Crippen molar-refractivity contribution in [2.24, 2.45) is 5.92 Å². The fraction of sp³-hybridized carbons (Fsp3) is 0.407. The largest absolute Gasteiger partial charge is 0.466 e. The van der Waals surface area contributed by atoms with Crippen molar-refractivity contribution >= 4 is 22.8 Å². The smallest absolute Gasteiger partial charge is 0.306 e. The number of benzene rings is 2. The second-order valence-electron chi connectivity index (χ2n) is 8.84. The van der Waals surface area contributed by atoms with Crippen molar-refractivity contribution in [1.82, 2.24) is 14.5 Å². The van der Waals surface area contributed by atoms with Crippen LogP contribution in [0.2, 0.25) is 0 Å². The minimum absolute atomic E-state index is 0.0176. The number of aromatic nitrogens is 2. The zero-order valence-electron chi connectivity index (χ0n) is 20.6. The van der Waals surface area contributed by atoms with E-state index in [9.17, 15) is 14.4 Å². The van der Waals surface area contributed by atoms with Gasteiger partial charge < -0.3 is 9.64 Å². The van der Waals surface area contributed by atoms with Gasteiger partial charge in [-0.3, -0.25) is 19.0 Å². The lowest BCUT2D eigenvalue weighted by Gasteiger charge is -2.32. The first-order valence-electron chi connectivity index (χ1n) is 11.8. The molecule has 1 unspecified atom stereocenters. The number of carbonyl (C=O) groups excluding carboxylic acids is 2. The molecule has 0 aliphatic heterocycles. The van der Waals surface area contributed by atoms with Crippen LogP contribution in [0.3, 0.4) is 0 Å². The van der Waals surface area contributed by atoms with Crippen LogP contribution >= 0.6 is 0 Å². The first kappa shape index (κ1) is 25.1. The molecular formula is C27H33N3O4. The van der Waals surface area contributed by atoms with Crippen molar-refractivity contribution in [3.05, 3.63) is 70.3 Å². The van der Waals surface area contributed by atoms with Crippen LogP contribution in [0, 0.1) is 12.8 Å². The van der Waals surface area contributed by atoms with Crippen LogP contribution in [0.25, 0.3) is 16.6 Å². The number of carbonyl (C=O) groups is 2. The first-order chi connectivity index (χ1) is 16.2. The Balaban J connectivity index is 2.13. The molecule has 0 aliphatic carbocycles. The minimum Gasteiger partial charge on any atom is -0.466 e. The maximum Gasteiger partial charge on any atom is 0.306 e. The lowest BCUT2D eigenvalue weighted by molar-refractivity contribution is -0.146. The third kappa shape index (κ3) is 5.53. The van der Waals surface area contributed by atoms with Gasteiger partial charge in [-0.1, -0.05) is 44.2 Å². The van der Waals surface area contributed by atoms with E-state index in [2.05, 4.69) is 0 Å². The number of hydrogen-bond donors (Lipinski definition) is 0. The molecule has 0 radical (unpaired) electrons. The Hall–Kier alpha value is -3.48. The minimum atomic E-state index is -0.492. The van der Waals surface area contributed by atoms with Crippen molar-refractivity contribution in [3.63, 3.8) is 0 Å². The highest BCUT2D eigenvalue weighted by atomic mass is 16.5. The second kappa shape index (κ2) is 11.1. The van der Waals surface area contributed by atoms with Gasteiger partial charge in [0, 0.05) is 13.0 Å². The van der Waals surface area contributed by atoms with E-state index in [1.54, 1.807) is 22.5 Å². The summed E-state index contributed by atoms with van der Waals surface area (Å²) in [5, 5.41) is 0.519. The number of aryl methyl sites for hydroxylation is 1. The van der Waals surface area contributed by atoms with Crippen LogP contribution in [0.4, 0.5) is 0 Å². The number of fused-ring (bicyclic) bond motifs is 1. The summed E-state index contributed by atoms with van der Waals surface area (Å²) >= 11 is 0. The number of amides is 1. The summed E-state index contributed by atoms with van der Waals surface area (Å²) in [6, 6.07) is 14.4. The van der Waals surface area contributed by atoms with E-state index in [0.29, 0.717) is 23.3 Å². The third-order valence-electron chi connectivity index (χ3n) is 5.73. The molecule has 1 amide bonds. The van der Waals surface area contributed by atoms with Gasteiger partial charge in [-0.05, 0) is 50.5 Å². The van der Waals surface area contributed by atoms with Crippen LogP contribution < -0.4 is 5.56 Å². The van der Waals surface area contributed by atoms with Gasteiger partial charge in [0.15, 0.2) is 0 Å². The topological polar surface area (TPSA) is 81.5 Å². The summed E-state index contributed by atoms with van der Waals surface area (Å²) in [7, 11) is 0. The lowest BCUT2D eigenvalue weighted by Crippen LogP contribution is -2.39. The van der Waals surface area contributed by atoms with E-state index in [4.69, 9.17) is 9.72 Å². The maximum absolute atomic E-state index is 13.7. The number of rotatable bonds is 9. The van der Waals surface area contributed by atoms with Crippen molar-refractivity contribution in [3.8, 4) is 5.69 Å². The predicted octanol–water partition coefficient (Wildman–Crippen LogP) is 4.58. The molecule has 180 valence electrons. The van der Waals surface area contributed by atoms with Crippen LogP contribution in [0.15, 0.2) is 53.3 Å². The van der Waals surface area contributed by atoms with Gasteiger partial charge in [-0.25, -0.2) is 4.98 Å². The number of esters is 1. The van der Waals surface area contributed by atoms with Gasteiger partial charge in [-0.15, -0.1) is 0 Å². The molecule has 0 N–H and O–H groups in total. The van der Waals surface area contributed by atoms with Gasteiger partial charge >= 0.3 is 5.97 Å². The molecule has 0 saturated carbocycles. The Kier molecular flexibility index (Phi) is 8.21. The fourth-order valence-electron chi connectivity index (χ4n) is 4.07. The summed E-state index contributed by atoms with van der Waals surface area (Å²) < 4.78 is 6.60. The van der Waals surface area contributed by atoms with Gasteiger partial charge in [0.2, 0.25) is 5.91 Å². The van der Waals surface area contributed by atoms with E-state index in [1.807, 2.05) is 70.2 Å². The molecule has 3 aromatic rings. The number of nitrogens with zero attached hydrogens (tertiary/aromatic N) is 3. The highest BCUT2D eigenvalue weighted by Crippen LogP contribution is 2.25. The van der Waals surface area contributed by atoms with E-state index in [1.165, 1.54) is 0 Å². The monoisotopic (exact) mass is 463 g/mol. The molecule has 2 aromatic carbocycles. The van der Waals surface area contributed by atoms with Gasteiger partial charge in [-0.2, -0.15) is 0 Å². The molecule has 1 atom stereocenters. The lowest BCUT2D eigenvalue weighted by atomic mass is 10.1. The van der Waals surface area contributed by atoms with Crippen molar-refractivity contribution in [2.45, 2.75) is 53.5 Å². The fourth-order valence-corrected chi connectivity index (χ4v) is 4.07. The van der Waals surface area contributed by atoms with E-state index < -0.39 is 12.0 Å². The Bertz CT molecular complexity index is 1230. The summed E-state index contributed by atoms with van der Waals surface area (Å²) in [5.74, 6) is 0.109. The molecule has 1 heterocycles. The van der Waals surface area contributed by atoms with Crippen LogP contribution in [0.5, 0.6) is 0 Å². The molecule has 0 aliphatic rings. The highest BCUT2D eigenvalue weighted by molar-refractivity contribution is 5.82. The van der Waals surface area contributed by atoms with Crippen LogP contribution in [0.1, 0.15) is 58.0 Å². The molecule has 34 heavy (non-hydrogen) atoms. The van der Waals surface area contributed by atoms with Gasteiger partial charge in [0.1, 0.15) is 5.82 Å². The number of para-hydroxylation sites is 2. The van der Waals surface area contributed by atoms with Crippen LogP contribution in [-0.2, 0) is 14.3 Å². The Labute approximate surface area is 200 Å². The Morgan fingerprint density at radius 1 is 1.03 bits per heavy atom. The summed E-state index contributed by atoms with van der Waals surface area (Å²) in [6.07, 6.45) is 0.0573. The second-order valence-corrected chi connectivity index (χ2v) is 8.84. The average Bonchev–Trinajstić information content (AvgIpc) is 2.81. The molecule has 7 heteroatoms. The molecule has 7 nitrogen and oxygen atoms in total. The third-order valence-corrected chi connectivity index (χ3v) is 5.73. The Morgan fingerprint density at radius 2 is 1.71 bits per heavy atom. The SMILES string of the molecule is CCOC(=O)CCC(=O)N(CC(C)C)C(C)c1nc2ccccc2c(=O)n1-c1ccccc1C. The molecular weight excluding hydrogens is 430 g/mol. The molecule has 3 rings (SSSR count). The van der Waals surface area contributed by atoms with Crippen molar-refractivity contribution < 1.29 is 14.3 Å². The average molecular weight is 464 g/mol. The molecule has 1 aromatic heterocycles. The van der Waals surface area contributed by atoms with Crippen LogP contribution in [-0.4, -0.2) is 39.5 Å². The Morgan fingerprint density at radius 3 is 2.38 bits per heavy atom. The van der Waals surface area contributed by atoms with E-state index >= 15 is 0 Å². The summed E-state index contributed by atoms with van der Waals surface area (Å²) in [5.41, 5.74) is 2.07. The highest BCUT2D eigenvalue weighted by Gasteiger charge is 2.28. The zero-order chi connectivity index (χ0) is 24.8. The summed E-state index contributed by atoms with van der Waals surface area (Å²) in [4.78, 5) is 45.4. The summed E-state index contributed by atoms with van der Waals surface area (Å²) in [6.45, 7) is 10.4. The molecule has 0 spiro atoms. The standard InChI is InChI=1S/C27H33N3O4/c1-6-34-25(32)16-15-24(31)29(17-18(2)3)20(5)26-28-22-13-9-8-12-21(22)27(33)30(26)23-14-10-7-11-19(23)4/h7-14,18,20H,6,15-17H2,1-5H3. The zero-order valence-corrected chi connectivity index (χ0v) is 20.6. The van der Waals surface area contributed by atoms with Crippen molar-refractivity contribution in [2.75, 3.05) is 13.2 Å². The normalized spacial score (nSPS) is 12.1. The molecule has 0 fully saturated rings.